The Labute approximate surface area is 123 Å². The Morgan fingerprint density at radius 3 is 2.90 bits per heavy atom. The van der Waals surface area contributed by atoms with Crippen molar-refractivity contribution in [3.8, 4) is 0 Å². The van der Waals surface area contributed by atoms with Crippen molar-refractivity contribution >= 4 is 17.3 Å². The predicted octanol–water partition coefficient (Wildman–Crippen LogP) is 4.20. The molecule has 1 unspecified atom stereocenters. The fraction of sp³-hybridized carbons (Fsp3) is 0.353. The topological polar surface area (TPSA) is 26.3 Å². The molecule has 104 valence electrons. The average Bonchev–Trinajstić information content (AvgIpc) is 2.91. The fourth-order valence-corrected chi connectivity index (χ4v) is 4.05. The molecule has 0 fully saturated rings. The van der Waals surface area contributed by atoms with Crippen molar-refractivity contribution in [2.45, 2.75) is 32.1 Å². The number of carbonyl (C=O) groups is 1. The van der Waals surface area contributed by atoms with E-state index in [1.165, 1.54) is 16.0 Å². The zero-order valence-corrected chi connectivity index (χ0v) is 12.4. The van der Waals surface area contributed by atoms with Crippen molar-refractivity contribution in [1.29, 1.82) is 0 Å². The van der Waals surface area contributed by atoms with Crippen LogP contribution in [0.3, 0.4) is 0 Å². The summed E-state index contributed by atoms with van der Waals surface area (Å²) in [6.45, 7) is 2.29. The zero-order chi connectivity index (χ0) is 13.9. The molecular weight excluding hydrogens is 268 g/mol. The van der Waals surface area contributed by atoms with Crippen LogP contribution in [0.4, 0.5) is 0 Å². The van der Waals surface area contributed by atoms with Crippen LogP contribution in [-0.2, 0) is 17.6 Å². The Morgan fingerprint density at radius 2 is 2.15 bits per heavy atom. The lowest BCUT2D eigenvalue weighted by Gasteiger charge is -2.23. The highest BCUT2D eigenvalue weighted by Gasteiger charge is 2.26. The molecule has 1 heterocycles. The number of hydrogen-bond donors (Lipinski definition) is 0. The van der Waals surface area contributed by atoms with Crippen molar-refractivity contribution < 1.29 is 9.53 Å². The molecule has 3 heteroatoms. The Morgan fingerprint density at radius 1 is 1.35 bits per heavy atom. The highest BCUT2D eigenvalue weighted by atomic mass is 32.1. The molecule has 1 aromatic carbocycles. The lowest BCUT2D eigenvalue weighted by atomic mass is 9.83. The first-order valence-electron chi connectivity index (χ1n) is 7.11. The predicted molar refractivity (Wildman–Crippen MR) is 81.5 cm³/mol. The first kappa shape index (κ1) is 13.4. The van der Waals surface area contributed by atoms with Crippen molar-refractivity contribution in [3.63, 3.8) is 0 Å². The van der Waals surface area contributed by atoms with Crippen LogP contribution in [0, 0.1) is 0 Å². The van der Waals surface area contributed by atoms with Gasteiger partial charge in [0.05, 0.1) is 12.2 Å². The molecule has 2 aromatic rings. The number of carbonyl (C=O) groups excluding carboxylic acids is 1. The standard InChI is InChI=1S/C17H18O2S/c1-2-19-17(18)15-11-20-16-10-13(8-9-14(15)16)12-6-4-3-5-7-12/h3-7,11,13H,2,8-10H2,1H3. The average molecular weight is 286 g/mol. The molecule has 0 amide bonds. The molecule has 1 aliphatic carbocycles. The van der Waals surface area contributed by atoms with E-state index in [0.29, 0.717) is 12.5 Å². The van der Waals surface area contributed by atoms with E-state index < -0.39 is 0 Å². The maximum atomic E-state index is 11.9. The first-order chi connectivity index (χ1) is 9.79. The Hall–Kier alpha value is -1.61. The summed E-state index contributed by atoms with van der Waals surface area (Å²) in [4.78, 5) is 13.3. The monoisotopic (exact) mass is 286 g/mol. The molecule has 0 radical (unpaired) electrons. The molecule has 1 aliphatic rings. The summed E-state index contributed by atoms with van der Waals surface area (Å²) < 4.78 is 5.13. The fourth-order valence-electron chi connectivity index (χ4n) is 2.90. The Kier molecular flexibility index (Phi) is 3.88. The molecule has 1 atom stereocenters. The molecule has 0 saturated carbocycles. The van der Waals surface area contributed by atoms with Gasteiger partial charge in [0.25, 0.3) is 0 Å². The number of fused-ring (bicyclic) bond motifs is 1. The molecule has 0 bridgehead atoms. The van der Waals surface area contributed by atoms with Crippen LogP contribution in [0.1, 0.15) is 45.6 Å². The van der Waals surface area contributed by atoms with Gasteiger partial charge in [-0.2, -0.15) is 0 Å². The van der Waals surface area contributed by atoms with Gasteiger partial charge in [-0.1, -0.05) is 30.3 Å². The van der Waals surface area contributed by atoms with Gasteiger partial charge in [-0.15, -0.1) is 11.3 Å². The molecule has 1 aromatic heterocycles. The normalized spacial score (nSPS) is 17.6. The Bertz CT molecular complexity index is 601. The lowest BCUT2D eigenvalue weighted by molar-refractivity contribution is 0.0525. The van der Waals surface area contributed by atoms with Crippen molar-refractivity contribution in [3.05, 3.63) is 57.3 Å². The van der Waals surface area contributed by atoms with E-state index in [-0.39, 0.29) is 5.97 Å². The lowest BCUT2D eigenvalue weighted by Crippen LogP contribution is -2.14. The van der Waals surface area contributed by atoms with Gasteiger partial charge >= 0.3 is 5.97 Å². The van der Waals surface area contributed by atoms with Crippen LogP contribution in [0.5, 0.6) is 0 Å². The second kappa shape index (κ2) is 5.80. The molecule has 20 heavy (non-hydrogen) atoms. The number of hydrogen-bond acceptors (Lipinski definition) is 3. The minimum absolute atomic E-state index is 0.164. The number of rotatable bonds is 3. The number of ether oxygens (including phenoxy) is 1. The molecule has 2 nitrogen and oxygen atoms in total. The van der Waals surface area contributed by atoms with E-state index in [4.69, 9.17) is 4.74 Å². The van der Waals surface area contributed by atoms with Crippen LogP contribution in [0.15, 0.2) is 35.7 Å². The molecular formula is C17H18O2S. The third-order valence-electron chi connectivity index (χ3n) is 3.92. The van der Waals surface area contributed by atoms with Gasteiger partial charge in [0.2, 0.25) is 0 Å². The van der Waals surface area contributed by atoms with Gasteiger partial charge in [0.1, 0.15) is 0 Å². The van der Waals surface area contributed by atoms with Crippen LogP contribution in [0.25, 0.3) is 0 Å². The molecule has 0 N–H and O–H groups in total. The van der Waals surface area contributed by atoms with E-state index in [1.807, 2.05) is 12.3 Å². The van der Waals surface area contributed by atoms with E-state index in [2.05, 4.69) is 30.3 Å². The van der Waals surface area contributed by atoms with E-state index in [9.17, 15) is 4.79 Å². The first-order valence-corrected chi connectivity index (χ1v) is 7.99. The molecule has 0 spiro atoms. The van der Waals surface area contributed by atoms with E-state index in [0.717, 1.165) is 24.8 Å². The second-order valence-electron chi connectivity index (χ2n) is 5.12. The van der Waals surface area contributed by atoms with Crippen LogP contribution < -0.4 is 0 Å². The summed E-state index contributed by atoms with van der Waals surface area (Å²) in [6.07, 6.45) is 3.14. The number of esters is 1. The summed E-state index contributed by atoms with van der Waals surface area (Å²) in [5.74, 6) is 0.417. The largest absolute Gasteiger partial charge is 0.462 e. The zero-order valence-electron chi connectivity index (χ0n) is 11.6. The SMILES string of the molecule is CCOC(=O)c1csc2c1CCC(c1ccccc1)C2. The smallest absolute Gasteiger partial charge is 0.339 e. The highest BCUT2D eigenvalue weighted by molar-refractivity contribution is 7.10. The third-order valence-corrected chi connectivity index (χ3v) is 4.97. The van der Waals surface area contributed by atoms with Crippen LogP contribution in [-0.4, -0.2) is 12.6 Å². The quantitative estimate of drug-likeness (QED) is 0.791. The minimum atomic E-state index is -0.164. The summed E-state index contributed by atoms with van der Waals surface area (Å²) in [5, 5.41) is 1.97. The third kappa shape index (κ3) is 2.50. The van der Waals surface area contributed by atoms with E-state index in [1.54, 1.807) is 11.3 Å². The van der Waals surface area contributed by atoms with Crippen LogP contribution >= 0.6 is 11.3 Å². The minimum Gasteiger partial charge on any atom is -0.462 e. The van der Waals surface area contributed by atoms with Gasteiger partial charge in [0, 0.05) is 10.3 Å². The maximum absolute atomic E-state index is 11.9. The summed E-state index contributed by atoms with van der Waals surface area (Å²) in [6, 6.07) is 10.7. The van der Waals surface area contributed by atoms with E-state index >= 15 is 0 Å². The second-order valence-corrected chi connectivity index (χ2v) is 6.09. The summed E-state index contributed by atoms with van der Waals surface area (Å²) in [5.41, 5.74) is 3.42. The highest BCUT2D eigenvalue weighted by Crippen LogP contribution is 2.37. The summed E-state index contributed by atoms with van der Waals surface area (Å²) >= 11 is 1.70. The maximum Gasteiger partial charge on any atom is 0.339 e. The van der Waals surface area contributed by atoms with Crippen molar-refractivity contribution in [2.75, 3.05) is 6.61 Å². The van der Waals surface area contributed by atoms with Gasteiger partial charge in [-0.25, -0.2) is 4.79 Å². The van der Waals surface area contributed by atoms with Crippen molar-refractivity contribution in [1.82, 2.24) is 0 Å². The summed E-state index contributed by atoms with van der Waals surface area (Å²) in [7, 11) is 0. The van der Waals surface area contributed by atoms with Gasteiger partial charge in [-0.3, -0.25) is 0 Å². The molecule has 3 rings (SSSR count). The molecule has 0 aliphatic heterocycles. The molecule has 0 saturated heterocycles. The number of benzene rings is 1. The number of thiophene rings is 1. The Balaban J connectivity index is 1.82. The van der Waals surface area contributed by atoms with Crippen molar-refractivity contribution in [2.24, 2.45) is 0 Å². The van der Waals surface area contributed by atoms with Gasteiger partial charge in [0.15, 0.2) is 0 Å². The van der Waals surface area contributed by atoms with Gasteiger partial charge in [-0.05, 0) is 43.2 Å². The van der Waals surface area contributed by atoms with Gasteiger partial charge < -0.3 is 4.74 Å². The van der Waals surface area contributed by atoms with Crippen LogP contribution in [0.2, 0.25) is 0 Å².